The topological polar surface area (TPSA) is 46.0 Å². The third-order valence-corrected chi connectivity index (χ3v) is 1.95. The highest BCUT2D eigenvalue weighted by Crippen LogP contribution is 2.14. The Kier molecular flexibility index (Phi) is 2.51. The van der Waals surface area contributed by atoms with Gasteiger partial charge in [0.25, 0.3) is 0 Å². The lowest BCUT2D eigenvalue weighted by molar-refractivity contribution is 0.277. The second-order valence-corrected chi connectivity index (χ2v) is 2.91. The first-order chi connectivity index (χ1) is 6.90. The van der Waals surface area contributed by atoms with Gasteiger partial charge in [0.1, 0.15) is 0 Å². The molecule has 2 aromatic heterocycles. The Bertz CT molecular complexity index is 397. The normalized spacial score (nSPS) is 10.1. The van der Waals surface area contributed by atoms with E-state index >= 15 is 0 Å². The molecule has 3 heteroatoms. The van der Waals surface area contributed by atoms with Gasteiger partial charge in [-0.1, -0.05) is 6.07 Å². The molecule has 0 amide bonds. The van der Waals surface area contributed by atoms with Gasteiger partial charge in [-0.15, -0.1) is 0 Å². The van der Waals surface area contributed by atoms with E-state index in [9.17, 15) is 0 Å². The van der Waals surface area contributed by atoms with E-state index in [2.05, 4.69) is 9.97 Å². The van der Waals surface area contributed by atoms with Crippen LogP contribution in [-0.4, -0.2) is 15.1 Å². The average Bonchev–Trinajstić information content (AvgIpc) is 2.30. The molecule has 2 aromatic rings. The summed E-state index contributed by atoms with van der Waals surface area (Å²) in [4.78, 5) is 8.29. The zero-order valence-electron chi connectivity index (χ0n) is 7.59. The first-order valence-electron chi connectivity index (χ1n) is 4.37. The van der Waals surface area contributed by atoms with Crippen LogP contribution in [0.1, 0.15) is 5.69 Å². The number of nitrogens with zero attached hydrogens (tertiary/aromatic N) is 2. The quantitative estimate of drug-likeness (QED) is 0.775. The molecule has 0 aromatic carbocycles. The summed E-state index contributed by atoms with van der Waals surface area (Å²) in [5.41, 5.74) is 2.52. The Hall–Kier alpha value is -1.74. The summed E-state index contributed by atoms with van der Waals surface area (Å²) in [6.07, 6.45) is 3.46. The molecule has 0 aliphatic heterocycles. The van der Waals surface area contributed by atoms with Gasteiger partial charge < -0.3 is 5.11 Å². The van der Waals surface area contributed by atoms with Crippen LogP contribution in [0.25, 0.3) is 11.3 Å². The Morgan fingerprint density at radius 1 is 1.07 bits per heavy atom. The van der Waals surface area contributed by atoms with Crippen molar-refractivity contribution in [1.82, 2.24) is 9.97 Å². The monoisotopic (exact) mass is 186 g/mol. The lowest BCUT2D eigenvalue weighted by Crippen LogP contribution is -1.89. The van der Waals surface area contributed by atoms with E-state index < -0.39 is 0 Å². The largest absolute Gasteiger partial charge is 0.390 e. The number of hydrogen-bond acceptors (Lipinski definition) is 3. The molecule has 2 heterocycles. The summed E-state index contributed by atoms with van der Waals surface area (Å²) in [6, 6.07) is 9.43. The van der Waals surface area contributed by atoms with Crippen LogP contribution in [0.2, 0.25) is 0 Å². The standard InChI is InChI=1S/C11H10N2O/c14-8-10-5-4-9(7-13-10)11-3-1-2-6-12-11/h1-7,14H,8H2. The van der Waals surface area contributed by atoms with Gasteiger partial charge in [0.15, 0.2) is 0 Å². The van der Waals surface area contributed by atoms with E-state index in [1.54, 1.807) is 18.5 Å². The van der Waals surface area contributed by atoms with Crippen molar-refractivity contribution < 1.29 is 5.11 Å². The van der Waals surface area contributed by atoms with Crippen molar-refractivity contribution in [2.24, 2.45) is 0 Å². The Balaban J connectivity index is 2.34. The number of pyridine rings is 2. The number of aliphatic hydroxyl groups is 1. The summed E-state index contributed by atoms with van der Waals surface area (Å²) >= 11 is 0. The Labute approximate surface area is 82.1 Å². The first kappa shape index (κ1) is 8.84. The Morgan fingerprint density at radius 2 is 2.00 bits per heavy atom. The van der Waals surface area contributed by atoms with Crippen molar-refractivity contribution in [2.45, 2.75) is 6.61 Å². The summed E-state index contributed by atoms with van der Waals surface area (Å²) in [5, 5.41) is 8.82. The van der Waals surface area contributed by atoms with Gasteiger partial charge in [0, 0.05) is 18.0 Å². The van der Waals surface area contributed by atoms with Crippen LogP contribution in [0.5, 0.6) is 0 Å². The van der Waals surface area contributed by atoms with Crippen LogP contribution in [0, 0.1) is 0 Å². The van der Waals surface area contributed by atoms with Crippen molar-refractivity contribution in [2.75, 3.05) is 0 Å². The molecule has 0 saturated heterocycles. The fourth-order valence-corrected chi connectivity index (χ4v) is 1.20. The molecule has 0 unspecified atom stereocenters. The molecule has 0 radical (unpaired) electrons. The van der Waals surface area contributed by atoms with Gasteiger partial charge in [-0.3, -0.25) is 9.97 Å². The second-order valence-electron chi connectivity index (χ2n) is 2.91. The van der Waals surface area contributed by atoms with E-state index in [1.165, 1.54) is 0 Å². The van der Waals surface area contributed by atoms with Gasteiger partial charge in [-0.2, -0.15) is 0 Å². The molecule has 0 bridgehead atoms. The van der Waals surface area contributed by atoms with Crippen LogP contribution < -0.4 is 0 Å². The average molecular weight is 186 g/mol. The summed E-state index contributed by atoms with van der Waals surface area (Å²) in [6.45, 7) is -0.0253. The van der Waals surface area contributed by atoms with Crippen LogP contribution in [0.4, 0.5) is 0 Å². The Morgan fingerprint density at radius 3 is 2.57 bits per heavy atom. The maximum atomic E-state index is 8.82. The molecule has 1 N–H and O–H groups in total. The summed E-state index contributed by atoms with van der Waals surface area (Å²) in [7, 11) is 0. The van der Waals surface area contributed by atoms with Gasteiger partial charge >= 0.3 is 0 Å². The number of rotatable bonds is 2. The van der Waals surface area contributed by atoms with Crippen LogP contribution >= 0.6 is 0 Å². The predicted octanol–water partition coefficient (Wildman–Crippen LogP) is 1.64. The lowest BCUT2D eigenvalue weighted by Gasteiger charge is -2.00. The maximum Gasteiger partial charge on any atom is 0.0852 e. The van der Waals surface area contributed by atoms with Crippen molar-refractivity contribution in [3.8, 4) is 11.3 Å². The fraction of sp³-hybridized carbons (Fsp3) is 0.0909. The lowest BCUT2D eigenvalue weighted by atomic mass is 10.2. The van der Waals surface area contributed by atoms with E-state index in [0.29, 0.717) is 5.69 Å². The maximum absolute atomic E-state index is 8.82. The zero-order valence-corrected chi connectivity index (χ0v) is 7.59. The highest BCUT2D eigenvalue weighted by molar-refractivity contribution is 5.57. The molecular formula is C11H10N2O. The third-order valence-electron chi connectivity index (χ3n) is 1.95. The van der Waals surface area contributed by atoms with Crippen LogP contribution in [0.3, 0.4) is 0 Å². The third kappa shape index (κ3) is 1.78. The van der Waals surface area contributed by atoms with E-state index in [-0.39, 0.29) is 6.61 Å². The number of aliphatic hydroxyl groups excluding tert-OH is 1. The van der Waals surface area contributed by atoms with Crippen molar-refractivity contribution in [3.63, 3.8) is 0 Å². The molecule has 0 spiro atoms. The smallest absolute Gasteiger partial charge is 0.0852 e. The minimum atomic E-state index is -0.0253. The molecule has 0 saturated carbocycles. The SMILES string of the molecule is OCc1ccc(-c2ccccn2)cn1. The van der Waals surface area contributed by atoms with Crippen molar-refractivity contribution in [3.05, 3.63) is 48.4 Å². The van der Waals surface area contributed by atoms with Gasteiger partial charge in [0.2, 0.25) is 0 Å². The molecule has 0 aliphatic carbocycles. The fourth-order valence-electron chi connectivity index (χ4n) is 1.20. The predicted molar refractivity (Wildman–Crippen MR) is 53.4 cm³/mol. The molecule has 14 heavy (non-hydrogen) atoms. The zero-order chi connectivity index (χ0) is 9.80. The number of hydrogen-bond donors (Lipinski definition) is 1. The summed E-state index contributed by atoms with van der Waals surface area (Å²) < 4.78 is 0. The molecule has 2 rings (SSSR count). The highest BCUT2D eigenvalue weighted by atomic mass is 16.3. The molecular weight excluding hydrogens is 176 g/mol. The minimum absolute atomic E-state index is 0.0253. The van der Waals surface area contributed by atoms with Crippen molar-refractivity contribution >= 4 is 0 Å². The minimum Gasteiger partial charge on any atom is -0.390 e. The van der Waals surface area contributed by atoms with E-state index in [0.717, 1.165) is 11.3 Å². The van der Waals surface area contributed by atoms with Crippen LogP contribution in [-0.2, 0) is 6.61 Å². The molecule has 0 fully saturated rings. The second kappa shape index (κ2) is 3.98. The van der Waals surface area contributed by atoms with Crippen molar-refractivity contribution in [1.29, 1.82) is 0 Å². The summed E-state index contributed by atoms with van der Waals surface area (Å²) in [5.74, 6) is 0. The molecule has 0 atom stereocenters. The number of aromatic nitrogens is 2. The van der Waals surface area contributed by atoms with Crippen LogP contribution in [0.15, 0.2) is 42.7 Å². The molecule has 70 valence electrons. The molecule has 0 aliphatic rings. The first-order valence-corrected chi connectivity index (χ1v) is 4.37. The van der Waals surface area contributed by atoms with E-state index in [4.69, 9.17) is 5.11 Å². The highest BCUT2D eigenvalue weighted by Gasteiger charge is 1.98. The molecule has 3 nitrogen and oxygen atoms in total. The van der Waals surface area contributed by atoms with Gasteiger partial charge in [-0.05, 0) is 24.3 Å². The van der Waals surface area contributed by atoms with Gasteiger partial charge in [-0.25, -0.2) is 0 Å². The van der Waals surface area contributed by atoms with Gasteiger partial charge in [0.05, 0.1) is 18.0 Å². The van der Waals surface area contributed by atoms with E-state index in [1.807, 2.05) is 24.3 Å².